The van der Waals surface area contributed by atoms with Crippen molar-refractivity contribution in [3.63, 3.8) is 0 Å². The van der Waals surface area contributed by atoms with Gasteiger partial charge >= 0.3 is 5.69 Å². The number of nitrogens with one attached hydrogen (secondary N) is 1. The molecule has 2 rings (SSSR count). The molecule has 0 spiro atoms. The van der Waals surface area contributed by atoms with Crippen LogP contribution in [0.2, 0.25) is 0 Å². The summed E-state index contributed by atoms with van der Waals surface area (Å²) in [5, 5.41) is 11.2. The smallest absolute Gasteiger partial charge is 0.347 e. The van der Waals surface area contributed by atoms with E-state index in [1.807, 2.05) is 0 Å². The van der Waals surface area contributed by atoms with Crippen LogP contribution in [0.4, 0.5) is 17.3 Å². The van der Waals surface area contributed by atoms with Crippen molar-refractivity contribution < 1.29 is 9.72 Å². The van der Waals surface area contributed by atoms with Crippen LogP contribution in [0, 0.1) is 10.1 Å². The molecule has 1 aromatic rings. The Labute approximate surface area is 114 Å². The van der Waals surface area contributed by atoms with Crippen LogP contribution in [0.3, 0.4) is 0 Å². The SMILES string of the molecule is CC(=O)N1CCN(c2ncnc(NN)c2[N+](=O)[O-])CC1. The Morgan fingerprint density at radius 2 is 2.05 bits per heavy atom. The van der Waals surface area contributed by atoms with Crippen molar-refractivity contribution >= 4 is 23.2 Å². The summed E-state index contributed by atoms with van der Waals surface area (Å²) in [6.07, 6.45) is 1.22. The molecule has 0 bridgehead atoms. The predicted octanol–water partition coefficient (Wildman–Crippen LogP) is -0.661. The summed E-state index contributed by atoms with van der Waals surface area (Å²) in [7, 11) is 0. The number of anilines is 2. The summed E-state index contributed by atoms with van der Waals surface area (Å²) in [6.45, 7) is 3.45. The molecule has 10 nitrogen and oxygen atoms in total. The van der Waals surface area contributed by atoms with Gasteiger partial charge in [0, 0.05) is 33.1 Å². The van der Waals surface area contributed by atoms with Gasteiger partial charge in [0.2, 0.25) is 17.5 Å². The summed E-state index contributed by atoms with van der Waals surface area (Å²) in [5.74, 6) is 5.40. The number of nitrogens with zero attached hydrogens (tertiary/aromatic N) is 5. The lowest BCUT2D eigenvalue weighted by Crippen LogP contribution is -2.48. The Morgan fingerprint density at radius 1 is 1.40 bits per heavy atom. The molecule has 1 aliphatic rings. The van der Waals surface area contributed by atoms with E-state index in [0.717, 1.165) is 0 Å². The maximum Gasteiger partial charge on any atom is 0.354 e. The molecule has 2 heterocycles. The molecule has 108 valence electrons. The Bertz CT molecular complexity index is 528. The minimum absolute atomic E-state index is 0.00819. The first-order chi connectivity index (χ1) is 9.54. The van der Waals surface area contributed by atoms with E-state index in [-0.39, 0.29) is 23.2 Å². The number of rotatable bonds is 3. The van der Waals surface area contributed by atoms with Gasteiger partial charge in [-0.05, 0) is 0 Å². The second-order valence-corrected chi connectivity index (χ2v) is 4.29. The lowest BCUT2D eigenvalue weighted by atomic mass is 10.3. The Kier molecular flexibility index (Phi) is 3.94. The molecule has 10 heteroatoms. The van der Waals surface area contributed by atoms with Crippen molar-refractivity contribution in [1.29, 1.82) is 0 Å². The van der Waals surface area contributed by atoms with E-state index in [1.165, 1.54) is 13.3 Å². The molecular weight excluding hydrogens is 266 g/mol. The first kappa shape index (κ1) is 13.9. The van der Waals surface area contributed by atoms with Gasteiger partial charge < -0.3 is 15.2 Å². The highest BCUT2D eigenvalue weighted by Gasteiger charge is 2.29. The molecule has 1 saturated heterocycles. The molecule has 1 amide bonds. The molecule has 0 radical (unpaired) electrons. The van der Waals surface area contributed by atoms with Crippen LogP contribution in [-0.2, 0) is 4.79 Å². The maximum atomic E-state index is 11.3. The third-order valence-corrected chi connectivity index (χ3v) is 3.15. The quantitative estimate of drug-likeness (QED) is 0.424. The van der Waals surface area contributed by atoms with Gasteiger partial charge in [0.1, 0.15) is 6.33 Å². The van der Waals surface area contributed by atoms with Gasteiger partial charge in [-0.15, -0.1) is 0 Å². The number of amides is 1. The third-order valence-electron chi connectivity index (χ3n) is 3.15. The summed E-state index contributed by atoms with van der Waals surface area (Å²) in [5.41, 5.74) is 1.94. The van der Waals surface area contributed by atoms with Gasteiger partial charge in [-0.1, -0.05) is 0 Å². The number of hydrogen-bond acceptors (Lipinski definition) is 8. The van der Waals surface area contributed by atoms with Gasteiger partial charge in [-0.2, -0.15) is 0 Å². The normalized spacial score (nSPS) is 15.1. The molecule has 1 fully saturated rings. The number of aromatic nitrogens is 2. The first-order valence-corrected chi connectivity index (χ1v) is 6.01. The number of piperazine rings is 1. The Morgan fingerprint density at radius 3 is 2.55 bits per heavy atom. The summed E-state index contributed by atoms with van der Waals surface area (Å²) in [4.78, 5) is 33.0. The van der Waals surface area contributed by atoms with Crippen LogP contribution < -0.4 is 16.2 Å². The molecule has 0 aliphatic carbocycles. The van der Waals surface area contributed by atoms with Crippen molar-refractivity contribution in [1.82, 2.24) is 14.9 Å². The summed E-state index contributed by atoms with van der Waals surface area (Å²) in [6, 6.07) is 0. The molecule has 0 saturated carbocycles. The fourth-order valence-electron chi connectivity index (χ4n) is 2.11. The highest BCUT2D eigenvalue weighted by atomic mass is 16.6. The number of nitrogens with two attached hydrogens (primary N) is 1. The van der Waals surface area contributed by atoms with E-state index >= 15 is 0 Å². The molecular formula is C10H15N7O3. The van der Waals surface area contributed by atoms with Gasteiger partial charge in [0.15, 0.2) is 0 Å². The minimum Gasteiger partial charge on any atom is -0.347 e. The molecule has 3 N–H and O–H groups in total. The average Bonchev–Trinajstić information content (AvgIpc) is 2.46. The fraction of sp³-hybridized carbons (Fsp3) is 0.500. The second kappa shape index (κ2) is 5.65. The number of nitrogen functional groups attached to an aromatic ring is 1. The van der Waals surface area contributed by atoms with Crippen LogP contribution in [0.25, 0.3) is 0 Å². The van der Waals surface area contributed by atoms with Crippen molar-refractivity contribution in [2.45, 2.75) is 6.92 Å². The lowest BCUT2D eigenvalue weighted by Gasteiger charge is -2.34. The Hall–Kier alpha value is -2.49. The van der Waals surface area contributed by atoms with E-state index < -0.39 is 4.92 Å². The largest absolute Gasteiger partial charge is 0.354 e. The topological polar surface area (TPSA) is 131 Å². The number of hydrazine groups is 1. The summed E-state index contributed by atoms with van der Waals surface area (Å²) >= 11 is 0. The standard InChI is InChI=1S/C10H15N7O3/c1-7(18)15-2-4-16(5-3-15)10-8(17(19)20)9(14-11)12-6-13-10/h6H,2-5,11H2,1H3,(H,12,13,14). The number of nitro groups is 1. The first-order valence-electron chi connectivity index (χ1n) is 6.01. The van der Waals surface area contributed by atoms with Crippen molar-refractivity contribution in [3.05, 3.63) is 16.4 Å². The zero-order chi connectivity index (χ0) is 14.7. The van der Waals surface area contributed by atoms with Crippen LogP contribution in [0.15, 0.2) is 6.33 Å². The molecule has 1 aliphatic heterocycles. The Balaban J connectivity index is 2.26. The van der Waals surface area contributed by atoms with Gasteiger partial charge in [0.05, 0.1) is 4.92 Å². The zero-order valence-electron chi connectivity index (χ0n) is 10.9. The van der Waals surface area contributed by atoms with Crippen molar-refractivity contribution in [2.75, 3.05) is 36.5 Å². The van der Waals surface area contributed by atoms with E-state index in [4.69, 9.17) is 5.84 Å². The maximum absolute atomic E-state index is 11.3. The predicted molar refractivity (Wildman–Crippen MR) is 71.0 cm³/mol. The third kappa shape index (κ3) is 2.59. The summed E-state index contributed by atoms with van der Waals surface area (Å²) < 4.78 is 0. The highest BCUT2D eigenvalue weighted by molar-refractivity contribution is 5.74. The average molecular weight is 281 g/mol. The van der Waals surface area contributed by atoms with E-state index in [0.29, 0.717) is 26.2 Å². The van der Waals surface area contributed by atoms with Gasteiger partial charge in [-0.25, -0.2) is 15.8 Å². The van der Waals surface area contributed by atoms with Crippen molar-refractivity contribution in [3.8, 4) is 0 Å². The highest BCUT2D eigenvalue weighted by Crippen LogP contribution is 2.31. The molecule has 20 heavy (non-hydrogen) atoms. The van der Waals surface area contributed by atoms with Gasteiger partial charge in [-0.3, -0.25) is 14.9 Å². The van der Waals surface area contributed by atoms with Crippen molar-refractivity contribution in [2.24, 2.45) is 5.84 Å². The molecule has 1 aromatic heterocycles. The lowest BCUT2D eigenvalue weighted by molar-refractivity contribution is -0.383. The molecule has 0 atom stereocenters. The van der Waals surface area contributed by atoms with E-state index in [2.05, 4.69) is 15.4 Å². The second-order valence-electron chi connectivity index (χ2n) is 4.29. The number of carbonyl (C=O) groups is 1. The number of hydrogen-bond donors (Lipinski definition) is 2. The molecule has 0 unspecified atom stereocenters. The number of carbonyl (C=O) groups excluding carboxylic acids is 1. The fourth-order valence-corrected chi connectivity index (χ4v) is 2.11. The zero-order valence-corrected chi connectivity index (χ0v) is 10.9. The van der Waals surface area contributed by atoms with Crippen LogP contribution in [-0.4, -0.2) is 51.9 Å². The van der Waals surface area contributed by atoms with Crippen LogP contribution in [0.1, 0.15) is 6.92 Å². The molecule has 0 aromatic carbocycles. The minimum atomic E-state index is -0.568. The van der Waals surface area contributed by atoms with Crippen LogP contribution >= 0.6 is 0 Å². The van der Waals surface area contributed by atoms with E-state index in [1.54, 1.807) is 9.80 Å². The monoisotopic (exact) mass is 281 g/mol. The van der Waals surface area contributed by atoms with Crippen LogP contribution in [0.5, 0.6) is 0 Å². The van der Waals surface area contributed by atoms with E-state index in [9.17, 15) is 14.9 Å². The van der Waals surface area contributed by atoms with Gasteiger partial charge in [0.25, 0.3) is 0 Å².